The molecule has 0 unspecified atom stereocenters. The van der Waals surface area contributed by atoms with Crippen molar-refractivity contribution < 1.29 is 0 Å². The van der Waals surface area contributed by atoms with Crippen LogP contribution in [0.1, 0.15) is 12.0 Å². The number of nitrogens with two attached hydrogens (primary N) is 1. The van der Waals surface area contributed by atoms with Crippen LogP contribution in [0.2, 0.25) is 0 Å². The standard InChI is InChI=1S/C13H16N2/c1-10(6-8-14)12-5-3-4-11-7-9-15(2)13(11)12/h3-5,7,9H,1,6,8,14H2,2H3. The first kappa shape index (κ1) is 9.99. The predicted octanol–water partition coefficient (Wildman–Crippen LogP) is 2.54. The summed E-state index contributed by atoms with van der Waals surface area (Å²) in [6, 6.07) is 8.42. The number of benzene rings is 1. The van der Waals surface area contributed by atoms with Crippen molar-refractivity contribution in [3.8, 4) is 0 Å². The maximum absolute atomic E-state index is 5.56. The maximum Gasteiger partial charge on any atom is 0.0553 e. The van der Waals surface area contributed by atoms with E-state index in [1.807, 2.05) is 0 Å². The fraction of sp³-hybridized carbons (Fsp3) is 0.231. The van der Waals surface area contributed by atoms with Crippen LogP contribution in [-0.2, 0) is 7.05 Å². The highest BCUT2D eigenvalue weighted by molar-refractivity contribution is 5.91. The zero-order chi connectivity index (χ0) is 10.8. The van der Waals surface area contributed by atoms with Crippen molar-refractivity contribution in [2.75, 3.05) is 6.54 Å². The third-order valence-electron chi connectivity index (χ3n) is 2.72. The summed E-state index contributed by atoms with van der Waals surface area (Å²) in [5.74, 6) is 0. The van der Waals surface area contributed by atoms with Gasteiger partial charge in [-0.1, -0.05) is 24.8 Å². The van der Waals surface area contributed by atoms with Gasteiger partial charge in [-0.15, -0.1) is 0 Å². The number of aryl methyl sites for hydroxylation is 1. The van der Waals surface area contributed by atoms with Gasteiger partial charge in [-0.25, -0.2) is 0 Å². The van der Waals surface area contributed by atoms with Gasteiger partial charge in [0.15, 0.2) is 0 Å². The van der Waals surface area contributed by atoms with Crippen molar-refractivity contribution >= 4 is 16.5 Å². The molecule has 0 spiro atoms. The van der Waals surface area contributed by atoms with Gasteiger partial charge in [0.05, 0.1) is 5.52 Å². The van der Waals surface area contributed by atoms with Gasteiger partial charge < -0.3 is 10.3 Å². The minimum absolute atomic E-state index is 0.652. The monoisotopic (exact) mass is 200 g/mol. The SMILES string of the molecule is C=C(CCN)c1cccc2ccn(C)c12. The number of hydrogen-bond donors (Lipinski definition) is 1. The summed E-state index contributed by atoms with van der Waals surface area (Å²) < 4.78 is 2.13. The Balaban J connectivity index is 2.59. The van der Waals surface area contributed by atoms with E-state index < -0.39 is 0 Å². The Bertz CT molecular complexity index is 494. The Morgan fingerprint density at radius 2 is 2.20 bits per heavy atom. The van der Waals surface area contributed by atoms with Crippen LogP contribution in [0.4, 0.5) is 0 Å². The molecule has 2 rings (SSSR count). The van der Waals surface area contributed by atoms with E-state index in [-0.39, 0.29) is 0 Å². The molecule has 0 amide bonds. The zero-order valence-electron chi connectivity index (χ0n) is 9.03. The second-order valence-corrected chi connectivity index (χ2v) is 3.81. The zero-order valence-corrected chi connectivity index (χ0v) is 9.03. The molecule has 2 N–H and O–H groups in total. The van der Waals surface area contributed by atoms with Crippen molar-refractivity contribution in [2.45, 2.75) is 6.42 Å². The molecular weight excluding hydrogens is 184 g/mol. The second-order valence-electron chi connectivity index (χ2n) is 3.81. The van der Waals surface area contributed by atoms with Gasteiger partial charge in [0, 0.05) is 24.2 Å². The summed E-state index contributed by atoms with van der Waals surface area (Å²) in [5, 5.41) is 1.26. The average Bonchev–Trinajstić information content (AvgIpc) is 2.61. The van der Waals surface area contributed by atoms with E-state index in [0.29, 0.717) is 6.54 Å². The molecule has 0 aliphatic rings. The molecule has 0 aliphatic carbocycles. The van der Waals surface area contributed by atoms with E-state index in [1.54, 1.807) is 0 Å². The summed E-state index contributed by atoms with van der Waals surface area (Å²) in [5.41, 5.74) is 9.13. The molecule has 0 aliphatic heterocycles. The summed E-state index contributed by atoms with van der Waals surface area (Å²) in [4.78, 5) is 0. The van der Waals surface area contributed by atoms with Crippen molar-refractivity contribution in [2.24, 2.45) is 12.8 Å². The molecule has 78 valence electrons. The molecule has 0 fully saturated rings. The van der Waals surface area contributed by atoms with Gasteiger partial charge in [-0.05, 0) is 24.6 Å². The minimum atomic E-state index is 0.652. The van der Waals surface area contributed by atoms with Crippen LogP contribution < -0.4 is 5.73 Å². The van der Waals surface area contributed by atoms with Gasteiger partial charge in [-0.2, -0.15) is 0 Å². The number of para-hydroxylation sites is 1. The van der Waals surface area contributed by atoms with Gasteiger partial charge in [0.1, 0.15) is 0 Å². The summed E-state index contributed by atoms with van der Waals surface area (Å²) in [6.07, 6.45) is 2.92. The molecule has 1 aromatic carbocycles. The third-order valence-corrected chi connectivity index (χ3v) is 2.72. The normalized spacial score (nSPS) is 10.8. The first-order valence-electron chi connectivity index (χ1n) is 5.16. The van der Waals surface area contributed by atoms with Crippen LogP contribution in [0.5, 0.6) is 0 Å². The molecule has 0 saturated heterocycles. The molecule has 0 bridgehead atoms. The van der Waals surface area contributed by atoms with Gasteiger partial charge >= 0.3 is 0 Å². The van der Waals surface area contributed by atoms with E-state index >= 15 is 0 Å². The fourth-order valence-electron chi connectivity index (χ4n) is 1.95. The first-order chi connectivity index (χ1) is 7.24. The predicted molar refractivity (Wildman–Crippen MR) is 65.6 cm³/mol. The van der Waals surface area contributed by atoms with Gasteiger partial charge in [0.2, 0.25) is 0 Å². The average molecular weight is 200 g/mol. The molecule has 0 radical (unpaired) electrons. The largest absolute Gasteiger partial charge is 0.350 e. The molecule has 1 aromatic heterocycles. The van der Waals surface area contributed by atoms with E-state index in [9.17, 15) is 0 Å². The molecular formula is C13H16N2. The molecule has 0 atom stereocenters. The van der Waals surface area contributed by atoms with Crippen LogP contribution in [0.15, 0.2) is 37.0 Å². The number of fused-ring (bicyclic) bond motifs is 1. The van der Waals surface area contributed by atoms with Gasteiger partial charge in [-0.3, -0.25) is 0 Å². The Morgan fingerprint density at radius 1 is 1.40 bits per heavy atom. The van der Waals surface area contributed by atoms with E-state index in [4.69, 9.17) is 5.73 Å². The van der Waals surface area contributed by atoms with Crippen LogP contribution in [-0.4, -0.2) is 11.1 Å². The minimum Gasteiger partial charge on any atom is -0.350 e. The number of nitrogens with zero attached hydrogens (tertiary/aromatic N) is 1. The van der Waals surface area contributed by atoms with Crippen molar-refractivity contribution in [1.29, 1.82) is 0 Å². The van der Waals surface area contributed by atoms with Crippen LogP contribution >= 0.6 is 0 Å². The third kappa shape index (κ3) is 1.68. The molecule has 2 aromatic rings. The highest BCUT2D eigenvalue weighted by Gasteiger charge is 2.06. The lowest BCUT2D eigenvalue weighted by atomic mass is 10.0. The molecule has 0 saturated carbocycles. The first-order valence-corrected chi connectivity index (χ1v) is 5.16. The Hall–Kier alpha value is -1.54. The Kier molecular flexibility index (Phi) is 2.60. The Morgan fingerprint density at radius 3 is 2.93 bits per heavy atom. The lowest BCUT2D eigenvalue weighted by Crippen LogP contribution is -2.00. The maximum atomic E-state index is 5.56. The molecule has 2 heteroatoms. The lowest BCUT2D eigenvalue weighted by Gasteiger charge is -2.08. The molecule has 15 heavy (non-hydrogen) atoms. The van der Waals surface area contributed by atoms with E-state index in [0.717, 1.165) is 12.0 Å². The molecule has 1 heterocycles. The van der Waals surface area contributed by atoms with E-state index in [2.05, 4.69) is 48.7 Å². The van der Waals surface area contributed by atoms with Crippen LogP contribution in [0.3, 0.4) is 0 Å². The summed E-state index contributed by atoms with van der Waals surface area (Å²) in [6.45, 7) is 4.74. The number of aromatic nitrogens is 1. The van der Waals surface area contributed by atoms with E-state index in [1.165, 1.54) is 16.5 Å². The topological polar surface area (TPSA) is 30.9 Å². The quantitative estimate of drug-likeness (QED) is 0.811. The van der Waals surface area contributed by atoms with Crippen molar-refractivity contribution in [3.05, 3.63) is 42.6 Å². The number of rotatable bonds is 3. The summed E-state index contributed by atoms with van der Waals surface area (Å²) in [7, 11) is 2.06. The fourth-order valence-corrected chi connectivity index (χ4v) is 1.95. The van der Waals surface area contributed by atoms with Crippen molar-refractivity contribution in [3.63, 3.8) is 0 Å². The van der Waals surface area contributed by atoms with Gasteiger partial charge in [0.25, 0.3) is 0 Å². The highest BCUT2D eigenvalue weighted by Crippen LogP contribution is 2.25. The smallest absolute Gasteiger partial charge is 0.0553 e. The van der Waals surface area contributed by atoms with Crippen LogP contribution in [0.25, 0.3) is 16.5 Å². The Labute approximate surface area is 90.0 Å². The lowest BCUT2D eigenvalue weighted by molar-refractivity contribution is 0.963. The molecule has 2 nitrogen and oxygen atoms in total. The number of hydrogen-bond acceptors (Lipinski definition) is 1. The summed E-state index contributed by atoms with van der Waals surface area (Å²) >= 11 is 0. The van der Waals surface area contributed by atoms with Crippen LogP contribution in [0, 0.1) is 0 Å². The highest BCUT2D eigenvalue weighted by atomic mass is 14.9. The second kappa shape index (κ2) is 3.91. The van der Waals surface area contributed by atoms with Crippen molar-refractivity contribution in [1.82, 2.24) is 4.57 Å².